The fraction of sp³-hybridized carbons (Fsp3) is 0.818. The summed E-state index contributed by atoms with van der Waals surface area (Å²) in [5, 5.41) is 31.3. The predicted molar refractivity (Wildman–Crippen MR) is 184 cm³/mol. The molecule has 42 heavy (non-hydrogen) atoms. The molecule has 0 saturated carbocycles. The Labute approximate surface area is 259 Å². The van der Waals surface area contributed by atoms with Crippen molar-refractivity contribution in [2.24, 2.45) is 0 Å². The van der Waals surface area contributed by atoms with E-state index in [1.165, 1.54) is 55.2 Å². The van der Waals surface area contributed by atoms with Gasteiger partial charge in [-0.2, -0.15) is 0 Å². The fourth-order valence-electron chi connectivity index (χ4n) is 4.89. The van der Waals surface area contributed by atoms with Crippen molar-refractivity contribution in [1.29, 1.82) is 0 Å². The highest BCUT2D eigenvalue weighted by molar-refractivity contribution is 5.30. The number of benzene rings is 1. The average Bonchev–Trinajstić information content (AvgIpc) is 3.00. The van der Waals surface area contributed by atoms with Crippen LogP contribution in [0.4, 0.5) is 0 Å². The molecule has 9 nitrogen and oxygen atoms in total. The highest BCUT2D eigenvalue weighted by Crippen LogP contribution is 2.11. The lowest BCUT2D eigenvalue weighted by molar-refractivity contribution is 0.564. The summed E-state index contributed by atoms with van der Waals surface area (Å²) in [6, 6.07) is 7.13. The van der Waals surface area contributed by atoms with Gasteiger partial charge < -0.3 is 47.9 Å². The third kappa shape index (κ3) is 25.4. The van der Waals surface area contributed by atoms with E-state index in [0.717, 1.165) is 117 Å². The third-order valence-corrected chi connectivity index (χ3v) is 7.31. The molecule has 1 rings (SSSR count). The van der Waals surface area contributed by atoms with Crippen molar-refractivity contribution < 1.29 is 0 Å². The molecule has 1 aromatic carbocycles. The lowest BCUT2D eigenvalue weighted by atomic mass is 10.0. The Bertz CT molecular complexity index is 587. The fourth-order valence-corrected chi connectivity index (χ4v) is 4.89. The quantitative estimate of drug-likeness (QED) is 0.0567. The van der Waals surface area contributed by atoms with Gasteiger partial charge in [-0.1, -0.05) is 18.2 Å². The average molecular weight is 592 g/mol. The standard InChI is InChI=1S/C33H69N9/c1-34-13-4-7-16-37-19-10-22-40-28-31-25-32(29-41-23-11-20-38-17-8-5-14-35-2)27-33(26-31)30-42-24-12-21-39-18-9-6-15-36-3/h25-27,34-42H,4-24,28-30H2,1-3H3. The molecular formula is C33H69N9. The molecule has 0 radical (unpaired) electrons. The monoisotopic (exact) mass is 592 g/mol. The van der Waals surface area contributed by atoms with Gasteiger partial charge in [0, 0.05) is 19.6 Å². The molecule has 0 heterocycles. The summed E-state index contributed by atoms with van der Waals surface area (Å²) in [5.41, 5.74) is 4.16. The molecule has 0 unspecified atom stereocenters. The molecule has 0 bridgehead atoms. The predicted octanol–water partition coefficient (Wildman–Crippen LogP) is 1.89. The van der Waals surface area contributed by atoms with Crippen molar-refractivity contribution >= 4 is 0 Å². The third-order valence-electron chi connectivity index (χ3n) is 7.31. The van der Waals surface area contributed by atoms with Gasteiger partial charge in [0.1, 0.15) is 0 Å². The minimum absolute atomic E-state index is 0.929. The van der Waals surface area contributed by atoms with Crippen LogP contribution in [0.15, 0.2) is 18.2 Å². The first-order valence-electron chi connectivity index (χ1n) is 17.1. The van der Waals surface area contributed by atoms with Crippen molar-refractivity contribution in [1.82, 2.24) is 47.9 Å². The minimum atomic E-state index is 0.929. The zero-order valence-corrected chi connectivity index (χ0v) is 27.7. The first-order chi connectivity index (χ1) is 20.8. The number of hydrogen-bond donors (Lipinski definition) is 9. The molecule has 0 amide bonds. The Morgan fingerprint density at radius 2 is 0.548 bits per heavy atom. The molecule has 0 fully saturated rings. The van der Waals surface area contributed by atoms with Gasteiger partial charge in [0.25, 0.3) is 0 Å². The zero-order valence-electron chi connectivity index (χ0n) is 27.7. The summed E-state index contributed by atoms with van der Waals surface area (Å²) in [4.78, 5) is 0. The van der Waals surface area contributed by atoms with Crippen LogP contribution in [0.3, 0.4) is 0 Å². The maximum atomic E-state index is 3.67. The highest BCUT2D eigenvalue weighted by Gasteiger charge is 2.03. The molecule has 0 aliphatic heterocycles. The number of unbranched alkanes of at least 4 members (excludes halogenated alkanes) is 3. The molecule has 9 heteroatoms. The second-order valence-electron chi connectivity index (χ2n) is 11.4. The van der Waals surface area contributed by atoms with Gasteiger partial charge in [0.2, 0.25) is 0 Å². The molecule has 246 valence electrons. The Hall–Kier alpha value is -1.14. The van der Waals surface area contributed by atoms with Crippen LogP contribution in [0, 0.1) is 0 Å². The summed E-state index contributed by atoms with van der Waals surface area (Å²) in [7, 11) is 6.06. The second-order valence-corrected chi connectivity index (χ2v) is 11.4. The molecule has 0 aliphatic rings. The van der Waals surface area contributed by atoms with E-state index in [2.05, 4.69) is 66.1 Å². The van der Waals surface area contributed by atoms with Crippen molar-refractivity contribution in [2.45, 2.75) is 77.4 Å². The van der Waals surface area contributed by atoms with Crippen LogP contribution in [0.2, 0.25) is 0 Å². The van der Waals surface area contributed by atoms with Crippen molar-refractivity contribution in [3.8, 4) is 0 Å². The molecule has 0 spiro atoms. The van der Waals surface area contributed by atoms with Crippen molar-refractivity contribution in [3.05, 3.63) is 34.9 Å². The lowest BCUT2D eigenvalue weighted by Crippen LogP contribution is -2.24. The van der Waals surface area contributed by atoms with Crippen LogP contribution in [0.5, 0.6) is 0 Å². The van der Waals surface area contributed by atoms with Crippen LogP contribution in [-0.4, -0.2) is 99.7 Å². The van der Waals surface area contributed by atoms with Crippen LogP contribution in [-0.2, 0) is 19.6 Å². The highest BCUT2D eigenvalue weighted by atomic mass is 14.9. The van der Waals surface area contributed by atoms with E-state index >= 15 is 0 Å². The number of nitrogens with one attached hydrogen (secondary N) is 9. The normalized spacial score (nSPS) is 11.5. The van der Waals surface area contributed by atoms with Gasteiger partial charge >= 0.3 is 0 Å². The minimum Gasteiger partial charge on any atom is -0.320 e. The van der Waals surface area contributed by atoms with Crippen molar-refractivity contribution in [3.63, 3.8) is 0 Å². The van der Waals surface area contributed by atoms with Gasteiger partial charge in [-0.05, 0) is 174 Å². The molecule has 0 atom stereocenters. The molecule has 0 aromatic heterocycles. The maximum absolute atomic E-state index is 3.67. The SMILES string of the molecule is CNCCCCNCCCNCc1cc(CNCCCNCCCCNC)cc(CNCCCNCCCCNC)c1. The first-order valence-corrected chi connectivity index (χ1v) is 17.1. The Morgan fingerprint density at radius 3 is 0.833 bits per heavy atom. The van der Waals surface area contributed by atoms with Gasteiger partial charge in [-0.25, -0.2) is 0 Å². The Balaban J connectivity index is 2.35. The first kappa shape index (κ1) is 38.9. The van der Waals surface area contributed by atoms with Crippen LogP contribution >= 0.6 is 0 Å². The summed E-state index contributed by atoms with van der Waals surface area (Å²) in [6.07, 6.45) is 10.9. The second kappa shape index (κ2) is 31.3. The van der Waals surface area contributed by atoms with Gasteiger partial charge in [-0.15, -0.1) is 0 Å². The van der Waals surface area contributed by atoms with Gasteiger partial charge in [0.15, 0.2) is 0 Å². The van der Waals surface area contributed by atoms with E-state index in [-0.39, 0.29) is 0 Å². The van der Waals surface area contributed by atoms with E-state index < -0.39 is 0 Å². The van der Waals surface area contributed by atoms with E-state index in [1.807, 2.05) is 21.1 Å². The molecule has 1 aromatic rings. The topological polar surface area (TPSA) is 108 Å². The zero-order chi connectivity index (χ0) is 30.2. The lowest BCUT2D eigenvalue weighted by Gasteiger charge is -2.13. The van der Waals surface area contributed by atoms with E-state index in [9.17, 15) is 0 Å². The Morgan fingerprint density at radius 1 is 0.310 bits per heavy atom. The van der Waals surface area contributed by atoms with Crippen LogP contribution in [0.25, 0.3) is 0 Å². The molecule has 0 saturated heterocycles. The van der Waals surface area contributed by atoms with Gasteiger partial charge in [0.05, 0.1) is 0 Å². The van der Waals surface area contributed by atoms with E-state index in [0.29, 0.717) is 0 Å². The molecule has 9 N–H and O–H groups in total. The molecular weight excluding hydrogens is 522 g/mol. The van der Waals surface area contributed by atoms with E-state index in [4.69, 9.17) is 0 Å². The summed E-state index contributed by atoms with van der Waals surface area (Å²) >= 11 is 0. The number of hydrogen-bond acceptors (Lipinski definition) is 9. The van der Waals surface area contributed by atoms with E-state index in [1.54, 1.807) is 0 Å². The Kier molecular flexibility index (Phi) is 29.0. The summed E-state index contributed by atoms with van der Waals surface area (Å²) < 4.78 is 0. The smallest absolute Gasteiger partial charge is 0.0205 e. The molecule has 0 aliphatic carbocycles. The summed E-state index contributed by atoms with van der Waals surface area (Å²) in [6.45, 7) is 15.9. The summed E-state index contributed by atoms with van der Waals surface area (Å²) in [5.74, 6) is 0. The van der Waals surface area contributed by atoms with Crippen molar-refractivity contribution in [2.75, 3.05) is 99.7 Å². The van der Waals surface area contributed by atoms with Gasteiger partial charge in [-0.3, -0.25) is 0 Å². The largest absolute Gasteiger partial charge is 0.320 e. The van der Waals surface area contributed by atoms with Crippen LogP contribution < -0.4 is 47.9 Å². The van der Waals surface area contributed by atoms with Crippen LogP contribution in [0.1, 0.15) is 74.5 Å². The maximum Gasteiger partial charge on any atom is 0.0205 e. The number of rotatable bonds is 33.